The van der Waals surface area contributed by atoms with E-state index in [1.165, 1.54) is 12.1 Å². The summed E-state index contributed by atoms with van der Waals surface area (Å²) in [5.41, 5.74) is 2.33. The lowest BCUT2D eigenvalue weighted by atomic mass is 10.0. The molecular formula is C21H17FN2O2S. The maximum Gasteiger partial charge on any atom is 0.271 e. The summed E-state index contributed by atoms with van der Waals surface area (Å²) < 4.78 is 13.3. The van der Waals surface area contributed by atoms with Crippen molar-refractivity contribution in [3.05, 3.63) is 88.4 Å². The Morgan fingerprint density at radius 3 is 2.59 bits per heavy atom. The van der Waals surface area contributed by atoms with Crippen LogP contribution in [0.3, 0.4) is 0 Å². The second-order valence-corrected chi connectivity index (χ2v) is 7.21. The smallest absolute Gasteiger partial charge is 0.271 e. The molecule has 0 N–H and O–H groups in total. The van der Waals surface area contributed by atoms with Gasteiger partial charge in [0.1, 0.15) is 5.82 Å². The van der Waals surface area contributed by atoms with E-state index in [4.69, 9.17) is 4.84 Å². The fourth-order valence-electron chi connectivity index (χ4n) is 2.96. The summed E-state index contributed by atoms with van der Waals surface area (Å²) in [5, 5.41) is 6.07. The van der Waals surface area contributed by atoms with E-state index in [2.05, 4.69) is 5.16 Å². The maximum atomic E-state index is 13.3. The zero-order chi connectivity index (χ0) is 18.6. The SMILES string of the molecule is O=C(C1CC(c2ccccc2)=NO1)N(Cc1cccs1)c1ccc(F)cc1. The first kappa shape index (κ1) is 17.4. The molecule has 1 unspecified atom stereocenters. The molecule has 3 aromatic rings. The molecule has 1 amide bonds. The van der Waals surface area contributed by atoms with Gasteiger partial charge >= 0.3 is 0 Å². The number of anilines is 1. The topological polar surface area (TPSA) is 41.9 Å². The van der Waals surface area contributed by atoms with Crippen molar-refractivity contribution in [2.75, 3.05) is 4.90 Å². The van der Waals surface area contributed by atoms with Gasteiger partial charge in [-0.15, -0.1) is 11.3 Å². The number of hydrogen-bond acceptors (Lipinski definition) is 4. The number of carbonyl (C=O) groups is 1. The van der Waals surface area contributed by atoms with E-state index in [1.807, 2.05) is 47.8 Å². The number of oxime groups is 1. The van der Waals surface area contributed by atoms with Crippen LogP contribution in [0.1, 0.15) is 16.9 Å². The summed E-state index contributed by atoms with van der Waals surface area (Å²) in [5.74, 6) is -0.529. The Balaban J connectivity index is 1.55. The third-order valence-corrected chi connectivity index (χ3v) is 5.21. The molecule has 0 saturated carbocycles. The first-order chi connectivity index (χ1) is 13.2. The molecule has 136 valence electrons. The van der Waals surface area contributed by atoms with Crippen LogP contribution in [0.2, 0.25) is 0 Å². The van der Waals surface area contributed by atoms with Crippen molar-refractivity contribution in [3.63, 3.8) is 0 Å². The van der Waals surface area contributed by atoms with Gasteiger partial charge in [0.05, 0.1) is 12.3 Å². The first-order valence-electron chi connectivity index (χ1n) is 8.58. The van der Waals surface area contributed by atoms with Crippen LogP contribution < -0.4 is 4.90 Å². The first-order valence-corrected chi connectivity index (χ1v) is 9.46. The third-order valence-electron chi connectivity index (χ3n) is 4.35. The molecule has 1 aliphatic rings. The van der Waals surface area contributed by atoms with E-state index in [9.17, 15) is 9.18 Å². The normalized spacial score (nSPS) is 15.9. The van der Waals surface area contributed by atoms with Gasteiger partial charge in [0.15, 0.2) is 0 Å². The van der Waals surface area contributed by atoms with E-state index >= 15 is 0 Å². The van der Waals surface area contributed by atoms with Crippen LogP contribution in [0.5, 0.6) is 0 Å². The van der Waals surface area contributed by atoms with Gasteiger partial charge in [-0.05, 0) is 41.3 Å². The quantitative estimate of drug-likeness (QED) is 0.648. The average molecular weight is 380 g/mol. The van der Waals surface area contributed by atoms with Gasteiger partial charge in [-0.25, -0.2) is 4.39 Å². The lowest BCUT2D eigenvalue weighted by Gasteiger charge is -2.24. The van der Waals surface area contributed by atoms with Crippen LogP contribution in [0, 0.1) is 5.82 Å². The van der Waals surface area contributed by atoms with Crippen LogP contribution in [0.4, 0.5) is 10.1 Å². The Hall–Kier alpha value is -2.99. The Morgan fingerprint density at radius 1 is 1.11 bits per heavy atom. The molecule has 1 aliphatic heterocycles. The summed E-state index contributed by atoms with van der Waals surface area (Å²) in [6, 6.07) is 19.5. The predicted octanol–water partition coefficient (Wildman–Crippen LogP) is 4.61. The van der Waals surface area contributed by atoms with Crippen molar-refractivity contribution in [3.8, 4) is 0 Å². The Morgan fingerprint density at radius 2 is 1.89 bits per heavy atom. The van der Waals surface area contributed by atoms with E-state index < -0.39 is 6.10 Å². The minimum absolute atomic E-state index is 0.190. The van der Waals surface area contributed by atoms with E-state index in [0.717, 1.165) is 16.2 Å². The maximum absolute atomic E-state index is 13.3. The third kappa shape index (κ3) is 3.90. The van der Waals surface area contributed by atoms with Crippen LogP contribution in [0.25, 0.3) is 0 Å². The molecule has 0 spiro atoms. The van der Waals surface area contributed by atoms with Gasteiger partial charge in [-0.3, -0.25) is 4.79 Å². The molecule has 27 heavy (non-hydrogen) atoms. The number of carbonyl (C=O) groups excluding carboxylic acids is 1. The van der Waals surface area contributed by atoms with Gasteiger partial charge < -0.3 is 9.74 Å². The minimum atomic E-state index is -0.690. The number of thiophene rings is 1. The van der Waals surface area contributed by atoms with Crippen molar-refractivity contribution in [1.29, 1.82) is 0 Å². The molecule has 0 bridgehead atoms. The van der Waals surface area contributed by atoms with Gasteiger partial charge in [-0.2, -0.15) is 0 Å². The highest BCUT2D eigenvalue weighted by atomic mass is 32.1. The molecule has 0 aliphatic carbocycles. The highest BCUT2D eigenvalue weighted by molar-refractivity contribution is 7.09. The van der Waals surface area contributed by atoms with Crippen molar-refractivity contribution in [2.45, 2.75) is 19.1 Å². The highest BCUT2D eigenvalue weighted by Crippen LogP contribution is 2.25. The predicted molar refractivity (Wildman–Crippen MR) is 104 cm³/mol. The highest BCUT2D eigenvalue weighted by Gasteiger charge is 2.33. The molecule has 2 aromatic carbocycles. The molecule has 6 heteroatoms. The summed E-state index contributed by atoms with van der Waals surface area (Å²) in [7, 11) is 0. The summed E-state index contributed by atoms with van der Waals surface area (Å²) in [6.45, 7) is 0.405. The van der Waals surface area contributed by atoms with E-state index in [0.29, 0.717) is 18.7 Å². The van der Waals surface area contributed by atoms with Crippen molar-refractivity contribution >= 4 is 28.6 Å². The van der Waals surface area contributed by atoms with Crippen LogP contribution in [0.15, 0.2) is 77.3 Å². The number of benzene rings is 2. The number of nitrogens with zero attached hydrogens (tertiary/aromatic N) is 2. The zero-order valence-corrected chi connectivity index (χ0v) is 15.2. The van der Waals surface area contributed by atoms with Gasteiger partial charge in [0.25, 0.3) is 5.91 Å². The summed E-state index contributed by atoms with van der Waals surface area (Å²) >= 11 is 1.57. The Bertz CT molecular complexity index is 940. The number of rotatable bonds is 5. The minimum Gasteiger partial charge on any atom is -0.382 e. The average Bonchev–Trinajstić information content (AvgIpc) is 3.39. The molecule has 2 heterocycles. The fourth-order valence-corrected chi connectivity index (χ4v) is 3.65. The van der Waals surface area contributed by atoms with Crippen LogP contribution >= 0.6 is 11.3 Å². The molecule has 0 radical (unpaired) electrons. The molecule has 0 fully saturated rings. The standard InChI is InChI=1S/C21H17FN2O2S/c22-16-8-10-17(11-9-16)24(14-18-7-4-12-27-18)21(25)20-13-19(23-26-20)15-5-2-1-3-6-15/h1-12,20H,13-14H2. The zero-order valence-electron chi connectivity index (χ0n) is 14.4. The molecule has 4 rings (SSSR count). The Labute approximate surface area is 160 Å². The van der Waals surface area contributed by atoms with Gasteiger partial charge in [0.2, 0.25) is 6.10 Å². The van der Waals surface area contributed by atoms with Crippen molar-refractivity contribution < 1.29 is 14.0 Å². The van der Waals surface area contributed by atoms with Crippen molar-refractivity contribution in [1.82, 2.24) is 0 Å². The number of hydrogen-bond donors (Lipinski definition) is 0. The largest absolute Gasteiger partial charge is 0.382 e. The van der Waals surface area contributed by atoms with Gasteiger partial charge in [0, 0.05) is 17.0 Å². The van der Waals surface area contributed by atoms with E-state index in [1.54, 1.807) is 28.4 Å². The monoisotopic (exact) mass is 380 g/mol. The molecular weight excluding hydrogens is 363 g/mol. The molecule has 1 aromatic heterocycles. The molecule has 0 saturated heterocycles. The summed E-state index contributed by atoms with van der Waals surface area (Å²) in [4.78, 5) is 21.3. The fraction of sp³-hybridized carbons (Fsp3) is 0.143. The number of amides is 1. The summed E-state index contributed by atoms with van der Waals surface area (Å²) in [6.07, 6.45) is -0.282. The lowest BCUT2D eigenvalue weighted by Crippen LogP contribution is -2.39. The van der Waals surface area contributed by atoms with Crippen LogP contribution in [-0.2, 0) is 16.2 Å². The second-order valence-electron chi connectivity index (χ2n) is 6.18. The lowest BCUT2D eigenvalue weighted by molar-refractivity contribution is -0.128. The van der Waals surface area contributed by atoms with Crippen LogP contribution in [-0.4, -0.2) is 17.7 Å². The van der Waals surface area contributed by atoms with Crippen molar-refractivity contribution in [2.24, 2.45) is 5.16 Å². The molecule has 4 nitrogen and oxygen atoms in total. The number of halogens is 1. The van der Waals surface area contributed by atoms with Gasteiger partial charge in [-0.1, -0.05) is 41.6 Å². The Kier molecular flexibility index (Phi) is 4.98. The van der Waals surface area contributed by atoms with E-state index in [-0.39, 0.29) is 11.7 Å². The second kappa shape index (κ2) is 7.72. The molecule has 1 atom stereocenters.